The van der Waals surface area contributed by atoms with Crippen LogP contribution >= 0.6 is 0 Å². The molecule has 1 unspecified atom stereocenters. The zero-order valence-electron chi connectivity index (χ0n) is 17.6. The molecule has 1 aliphatic rings. The molecule has 3 aromatic rings. The molecule has 2 aromatic carbocycles. The van der Waals surface area contributed by atoms with Crippen molar-refractivity contribution in [3.8, 4) is 6.07 Å². The Bertz CT molecular complexity index is 1100. The standard InChI is InChI=1S/C27H27N3O/c1-2-5-24(27(31)30-22-14-8-19(18-28)9-15-22)21-12-10-20(11-13-21)23-16-17-29-26-7-4-3-6-25(23)26/h2-4,6-9,14-17,20-21,24H,1,5,10-13H2,(H,30,31)/t20-,21+,24?. The summed E-state index contributed by atoms with van der Waals surface area (Å²) in [5.41, 5.74) is 3.75. The van der Waals surface area contributed by atoms with Crippen LogP contribution in [-0.2, 0) is 4.79 Å². The van der Waals surface area contributed by atoms with Crippen LogP contribution in [0.1, 0.15) is 49.1 Å². The monoisotopic (exact) mass is 409 g/mol. The molecule has 1 aromatic heterocycles. The fraction of sp³-hybridized carbons (Fsp3) is 0.296. The zero-order chi connectivity index (χ0) is 21.6. The van der Waals surface area contributed by atoms with Crippen LogP contribution in [0.2, 0.25) is 0 Å². The summed E-state index contributed by atoms with van der Waals surface area (Å²) in [6.45, 7) is 3.88. The minimum atomic E-state index is -0.0803. The second kappa shape index (κ2) is 9.57. The summed E-state index contributed by atoms with van der Waals surface area (Å²) in [5.74, 6) is 0.821. The summed E-state index contributed by atoms with van der Waals surface area (Å²) in [6.07, 6.45) is 8.66. The van der Waals surface area contributed by atoms with Gasteiger partial charge in [0, 0.05) is 23.2 Å². The number of rotatable bonds is 6. The first kappa shape index (κ1) is 20.8. The SMILES string of the molecule is C=CCC(C(=O)Nc1ccc(C#N)cc1)[C@H]1CC[C@@H](c2ccnc3ccccc32)CC1. The summed E-state index contributed by atoms with van der Waals surface area (Å²) in [5, 5.41) is 13.2. The third-order valence-electron chi connectivity index (χ3n) is 6.50. The quantitative estimate of drug-likeness (QED) is 0.492. The highest BCUT2D eigenvalue weighted by molar-refractivity contribution is 5.93. The van der Waals surface area contributed by atoms with Crippen molar-refractivity contribution in [2.75, 3.05) is 5.32 Å². The van der Waals surface area contributed by atoms with Gasteiger partial charge in [-0.1, -0.05) is 24.3 Å². The summed E-state index contributed by atoms with van der Waals surface area (Å²) in [6, 6.07) is 19.6. The molecule has 1 N–H and O–H groups in total. The van der Waals surface area contributed by atoms with E-state index in [-0.39, 0.29) is 11.8 Å². The molecule has 31 heavy (non-hydrogen) atoms. The number of pyridine rings is 1. The molecule has 1 saturated carbocycles. The van der Waals surface area contributed by atoms with Gasteiger partial charge in [0.15, 0.2) is 0 Å². The topological polar surface area (TPSA) is 65.8 Å². The van der Waals surface area contributed by atoms with Gasteiger partial charge in [0.2, 0.25) is 5.91 Å². The zero-order valence-corrected chi connectivity index (χ0v) is 17.6. The number of nitriles is 1. The second-order valence-corrected chi connectivity index (χ2v) is 8.34. The molecule has 0 aliphatic heterocycles. The summed E-state index contributed by atoms with van der Waals surface area (Å²) in [4.78, 5) is 17.5. The first-order valence-corrected chi connectivity index (χ1v) is 10.9. The van der Waals surface area contributed by atoms with Gasteiger partial charge in [-0.05, 0) is 85.9 Å². The molecular weight excluding hydrogens is 382 g/mol. The number of benzene rings is 2. The number of nitrogens with one attached hydrogen (secondary N) is 1. The maximum atomic E-state index is 13.1. The number of para-hydroxylation sites is 1. The smallest absolute Gasteiger partial charge is 0.228 e. The summed E-state index contributed by atoms with van der Waals surface area (Å²) < 4.78 is 0. The number of hydrogen-bond donors (Lipinski definition) is 1. The Morgan fingerprint density at radius 2 is 1.87 bits per heavy atom. The molecule has 1 fully saturated rings. The number of hydrogen-bond acceptors (Lipinski definition) is 3. The minimum Gasteiger partial charge on any atom is -0.326 e. The van der Waals surface area contributed by atoms with Crippen molar-refractivity contribution in [1.29, 1.82) is 5.26 Å². The van der Waals surface area contributed by atoms with Gasteiger partial charge in [-0.3, -0.25) is 9.78 Å². The third-order valence-corrected chi connectivity index (χ3v) is 6.50. The number of nitrogens with zero attached hydrogens (tertiary/aromatic N) is 2. The first-order valence-electron chi connectivity index (χ1n) is 10.9. The molecule has 0 bridgehead atoms. The van der Waals surface area contributed by atoms with E-state index in [2.05, 4.69) is 47.2 Å². The van der Waals surface area contributed by atoms with Crippen LogP contribution in [0.25, 0.3) is 10.9 Å². The molecule has 156 valence electrons. The average Bonchev–Trinajstić information content (AvgIpc) is 2.83. The third kappa shape index (κ3) is 4.67. The van der Waals surface area contributed by atoms with Gasteiger partial charge in [0.1, 0.15) is 0 Å². The Kier molecular flexibility index (Phi) is 6.43. The number of aromatic nitrogens is 1. The predicted octanol–water partition coefficient (Wildman–Crippen LogP) is 6.21. The molecule has 0 radical (unpaired) electrons. The summed E-state index contributed by atoms with van der Waals surface area (Å²) in [7, 11) is 0. The highest BCUT2D eigenvalue weighted by Crippen LogP contribution is 2.41. The second-order valence-electron chi connectivity index (χ2n) is 8.34. The van der Waals surface area contributed by atoms with Crippen LogP contribution in [0.15, 0.2) is 73.4 Å². The average molecular weight is 410 g/mol. The van der Waals surface area contributed by atoms with E-state index in [9.17, 15) is 4.79 Å². The van der Waals surface area contributed by atoms with Crippen LogP contribution in [0.4, 0.5) is 5.69 Å². The number of allylic oxidation sites excluding steroid dienone is 1. The number of carbonyl (C=O) groups excluding carboxylic acids is 1. The molecule has 1 aliphatic carbocycles. The van der Waals surface area contributed by atoms with E-state index < -0.39 is 0 Å². The van der Waals surface area contributed by atoms with Crippen LogP contribution in [0.5, 0.6) is 0 Å². The minimum absolute atomic E-state index is 0.0439. The van der Waals surface area contributed by atoms with Gasteiger partial charge in [0.05, 0.1) is 17.1 Å². The van der Waals surface area contributed by atoms with Crippen molar-refractivity contribution < 1.29 is 4.79 Å². The molecule has 4 rings (SSSR count). The number of anilines is 1. The Morgan fingerprint density at radius 3 is 2.58 bits per heavy atom. The van der Waals surface area contributed by atoms with Crippen LogP contribution in [-0.4, -0.2) is 10.9 Å². The number of fused-ring (bicyclic) bond motifs is 1. The van der Waals surface area contributed by atoms with E-state index in [0.29, 0.717) is 23.8 Å². The summed E-state index contributed by atoms with van der Waals surface area (Å²) >= 11 is 0. The Morgan fingerprint density at radius 1 is 1.13 bits per heavy atom. The molecule has 0 saturated heterocycles. The Balaban J connectivity index is 1.44. The number of carbonyl (C=O) groups is 1. The van der Waals surface area contributed by atoms with E-state index in [1.54, 1.807) is 24.3 Å². The van der Waals surface area contributed by atoms with Gasteiger partial charge in [0.25, 0.3) is 0 Å². The lowest BCUT2D eigenvalue weighted by molar-refractivity contribution is -0.121. The fourth-order valence-electron chi connectivity index (χ4n) is 4.86. The highest BCUT2D eigenvalue weighted by Gasteiger charge is 2.32. The van der Waals surface area contributed by atoms with E-state index in [1.165, 1.54) is 10.9 Å². The van der Waals surface area contributed by atoms with Gasteiger partial charge in [-0.15, -0.1) is 6.58 Å². The maximum Gasteiger partial charge on any atom is 0.228 e. The number of amides is 1. The van der Waals surface area contributed by atoms with Crippen molar-refractivity contribution >= 4 is 22.5 Å². The van der Waals surface area contributed by atoms with E-state index in [4.69, 9.17) is 5.26 Å². The molecule has 0 spiro atoms. The van der Waals surface area contributed by atoms with Gasteiger partial charge in [-0.25, -0.2) is 0 Å². The lowest BCUT2D eigenvalue weighted by atomic mass is 9.72. The van der Waals surface area contributed by atoms with Crippen LogP contribution < -0.4 is 5.32 Å². The molecular formula is C27H27N3O. The predicted molar refractivity (Wildman–Crippen MR) is 125 cm³/mol. The van der Waals surface area contributed by atoms with Crippen molar-refractivity contribution in [3.05, 3.63) is 84.6 Å². The van der Waals surface area contributed by atoms with Crippen LogP contribution in [0.3, 0.4) is 0 Å². The normalized spacial score (nSPS) is 19.3. The van der Waals surface area contributed by atoms with Crippen molar-refractivity contribution in [2.45, 2.75) is 38.0 Å². The van der Waals surface area contributed by atoms with Gasteiger partial charge in [-0.2, -0.15) is 5.26 Å². The Hall–Kier alpha value is -3.45. The van der Waals surface area contributed by atoms with Crippen molar-refractivity contribution in [2.24, 2.45) is 11.8 Å². The van der Waals surface area contributed by atoms with E-state index in [0.717, 1.165) is 36.9 Å². The first-order chi connectivity index (χ1) is 15.2. The molecule has 1 atom stereocenters. The molecule has 1 amide bonds. The van der Waals surface area contributed by atoms with E-state index >= 15 is 0 Å². The Labute approximate surface area is 183 Å². The van der Waals surface area contributed by atoms with Gasteiger partial charge >= 0.3 is 0 Å². The highest BCUT2D eigenvalue weighted by atomic mass is 16.1. The lowest BCUT2D eigenvalue weighted by Crippen LogP contribution is -2.31. The molecule has 1 heterocycles. The van der Waals surface area contributed by atoms with Gasteiger partial charge < -0.3 is 5.32 Å². The van der Waals surface area contributed by atoms with Crippen LogP contribution in [0, 0.1) is 23.2 Å². The van der Waals surface area contributed by atoms with E-state index in [1.807, 2.05) is 18.3 Å². The molecule has 4 heteroatoms. The van der Waals surface area contributed by atoms with Crippen molar-refractivity contribution in [1.82, 2.24) is 4.98 Å². The van der Waals surface area contributed by atoms with Crippen molar-refractivity contribution in [3.63, 3.8) is 0 Å². The molecule has 4 nitrogen and oxygen atoms in total. The largest absolute Gasteiger partial charge is 0.326 e. The lowest BCUT2D eigenvalue weighted by Gasteiger charge is -2.33. The fourth-order valence-corrected chi connectivity index (χ4v) is 4.86. The maximum absolute atomic E-state index is 13.1.